The van der Waals surface area contributed by atoms with Crippen molar-refractivity contribution in [3.63, 3.8) is 0 Å². The van der Waals surface area contributed by atoms with Gasteiger partial charge in [0.05, 0.1) is 10.3 Å². The summed E-state index contributed by atoms with van der Waals surface area (Å²) in [7, 11) is 0. The van der Waals surface area contributed by atoms with Crippen LogP contribution in [0.2, 0.25) is 0 Å². The van der Waals surface area contributed by atoms with Crippen LogP contribution in [-0.2, 0) is 0 Å². The van der Waals surface area contributed by atoms with Crippen LogP contribution in [0.3, 0.4) is 0 Å². The minimum atomic E-state index is 0.618. The fourth-order valence-electron chi connectivity index (χ4n) is 1.23. The van der Waals surface area contributed by atoms with Crippen molar-refractivity contribution in [2.24, 2.45) is 4.99 Å². The molecule has 0 radical (unpaired) electrons. The van der Waals surface area contributed by atoms with Crippen LogP contribution in [0, 0.1) is 0 Å². The highest BCUT2D eigenvalue weighted by molar-refractivity contribution is 8.16. The predicted octanol–water partition coefficient (Wildman–Crippen LogP) is 3.57. The minimum Gasteiger partial charge on any atom is -0.260 e. The van der Waals surface area contributed by atoms with Crippen LogP contribution in [-0.4, -0.2) is 17.1 Å². The number of nitrogens with zero attached hydrogens (tertiary/aromatic N) is 1. The molecule has 1 heterocycles. The van der Waals surface area contributed by atoms with Crippen LogP contribution in [0.5, 0.6) is 0 Å². The van der Waals surface area contributed by atoms with E-state index in [0.29, 0.717) is 4.58 Å². The maximum absolute atomic E-state index is 4.43. The molecule has 1 aromatic carbocycles. The van der Waals surface area contributed by atoms with Crippen molar-refractivity contribution < 1.29 is 0 Å². The van der Waals surface area contributed by atoms with E-state index >= 15 is 0 Å². The molecule has 1 atom stereocenters. The standard InChI is InChI=1S/C10H11NS2/c1-12-10-6-7-11-8-4-2-3-5-9(8)13-10/h2-5,7,10H,6H2,1H3. The molecule has 1 aliphatic rings. The third-order valence-corrected chi connectivity index (χ3v) is 4.55. The number of hydrogen-bond acceptors (Lipinski definition) is 3. The molecular weight excluding hydrogens is 198 g/mol. The lowest BCUT2D eigenvalue weighted by atomic mass is 10.3. The first-order chi connectivity index (χ1) is 6.40. The second kappa shape index (κ2) is 4.20. The van der Waals surface area contributed by atoms with Gasteiger partial charge in [-0.15, -0.1) is 11.8 Å². The third kappa shape index (κ3) is 2.09. The van der Waals surface area contributed by atoms with Crippen molar-refractivity contribution in [3.05, 3.63) is 24.3 Å². The molecule has 0 aromatic heterocycles. The van der Waals surface area contributed by atoms with E-state index in [0.717, 1.165) is 12.1 Å². The maximum Gasteiger partial charge on any atom is 0.0761 e. The molecule has 0 spiro atoms. The maximum atomic E-state index is 4.43. The van der Waals surface area contributed by atoms with Crippen molar-refractivity contribution >= 4 is 35.4 Å². The molecule has 1 nitrogen and oxygen atoms in total. The van der Waals surface area contributed by atoms with Gasteiger partial charge in [0.15, 0.2) is 0 Å². The Balaban J connectivity index is 2.32. The monoisotopic (exact) mass is 209 g/mol. The first-order valence-corrected chi connectivity index (χ1v) is 6.38. The Labute approximate surface area is 87.0 Å². The molecule has 1 aromatic rings. The van der Waals surface area contributed by atoms with Gasteiger partial charge in [0.1, 0.15) is 0 Å². The molecule has 0 aliphatic carbocycles. The first-order valence-electron chi connectivity index (χ1n) is 4.21. The first kappa shape index (κ1) is 9.16. The molecular formula is C10H11NS2. The number of benzene rings is 1. The SMILES string of the molecule is CSC1CC=Nc2ccccc2S1. The Morgan fingerprint density at radius 3 is 3.15 bits per heavy atom. The van der Waals surface area contributed by atoms with Crippen LogP contribution in [0.4, 0.5) is 5.69 Å². The van der Waals surface area contributed by atoms with Crippen molar-refractivity contribution in [1.82, 2.24) is 0 Å². The van der Waals surface area contributed by atoms with E-state index in [9.17, 15) is 0 Å². The molecule has 0 saturated carbocycles. The number of rotatable bonds is 1. The van der Waals surface area contributed by atoms with E-state index in [4.69, 9.17) is 0 Å². The quantitative estimate of drug-likeness (QED) is 0.701. The van der Waals surface area contributed by atoms with Crippen LogP contribution in [0.25, 0.3) is 0 Å². The van der Waals surface area contributed by atoms with Gasteiger partial charge in [-0.3, -0.25) is 4.99 Å². The summed E-state index contributed by atoms with van der Waals surface area (Å²) in [6.07, 6.45) is 5.24. The van der Waals surface area contributed by atoms with Gasteiger partial charge < -0.3 is 0 Å². The van der Waals surface area contributed by atoms with E-state index in [-0.39, 0.29) is 0 Å². The summed E-state index contributed by atoms with van der Waals surface area (Å²) in [5, 5.41) is 0. The van der Waals surface area contributed by atoms with Gasteiger partial charge in [-0.1, -0.05) is 12.1 Å². The number of thioether (sulfide) groups is 2. The zero-order chi connectivity index (χ0) is 9.10. The summed E-state index contributed by atoms with van der Waals surface area (Å²) < 4.78 is 0.618. The Kier molecular flexibility index (Phi) is 2.96. The molecule has 0 bridgehead atoms. The molecule has 0 saturated heterocycles. The highest BCUT2D eigenvalue weighted by atomic mass is 32.2. The summed E-state index contributed by atoms with van der Waals surface area (Å²) in [6.45, 7) is 0. The van der Waals surface area contributed by atoms with Crippen LogP contribution >= 0.6 is 23.5 Å². The molecule has 0 fully saturated rings. The average molecular weight is 209 g/mol. The van der Waals surface area contributed by atoms with Gasteiger partial charge in [-0.25, -0.2) is 0 Å². The van der Waals surface area contributed by atoms with Crippen molar-refractivity contribution in [1.29, 1.82) is 0 Å². The largest absolute Gasteiger partial charge is 0.260 e. The van der Waals surface area contributed by atoms with E-state index in [1.807, 2.05) is 35.8 Å². The molecule has 68 valence electrons. The van der Waals surface area contributed by atoms with E-state index in [2.05, 4.69) is 29.4 Å². The lowest BCUT2D eigenvalue weighted by molar-refractivity contribution is 1.28. The minimum absolute atomic E-state index is 0.618. The fourth-order valence-corrected chi connectivity index (χ4v) is 3.07. The Bertz CT molecular complexity index is 322. The molecule has 0 N–H and O–H groups in total. The molecule has 0 amide bonds. The normalized spacial score (nSPS) is 20.8. The summed E-state index contributed by atoms with van der Waals surface area (Å²) in [4.78, 5) is 5.73. The highest BCUT2D eigenvalue weighted by Gasteiger charge is 2.12. The van der Waals surface area contributed by atoms with Gasteiger partial charge in [0.2, 0.25) is 0 Å². The third-order valence-electron chi connectivity index (χ3n) is 1.91. The molecule has 1 aliphatic heterocycles. The Morgan fingerprint density at radius 2 is 2.31 bits per heavy atom. The molecule has 2 rings (SSSR count). The van der Waals surface area contributed by atoms with Gasteiger partial charge in [-0.2, -0.15) is 11.8 Å². The Morgan fingerprint density at radius 1 is 1.46 bits per heavy atom. The van der Waals surface area contributed by atoms with E-state index in [1.54, 1.807) is 0 Å². The number of fused-ring (bicyclic) bond motifs is 1. The summed E-state index contributed by atoms with van der Waals surface area (Å²) >= 11 is 3.81. The van der Waals surface area contributed by atoms with Gasteiger partial charge in [-0.05, 0) is 18.4 Å². The second-order valence-electron chi connectivity index (χ2n) is 2.80. The second-order valence-corrected chi connectivity index (χ2v) is 5.38. The summed E-state index contributed by atoms with van der Waals surface area (Å²) in [5.41, 5.74) is 1.11. The fraction of sp³-hybridized carbons (Fsp3) is 0.300. The van der Waals surface area contributed by atoms with Crippen molar-refractivity contribution in [2.75, 3.05) is 6.26 Å². The van der Waals surface area contributed by atoms with Crippen LogP contribution < -0.4 is 0 Å². The van der Waals surface area contributed by atoms with Crippen molar-refractivity contribution in [3.8, 4) is 0 Å². The number of hydrogen-bond donors (Lipinski definition) is 0. The average Bonchev–Trinajstić information content (AvgIpc) is 2.38. The number of aliphatic imine (C=N–C) groups is 1. The molecule has 1 unspecified atom stereocenters. The van der Waals surface area contributed by atoms with E-state index < -0.39 is 0 Å². The smallest absolute Gasteiger partial charge is 0.0761 e. The summed E-state index contributed by atoms with van der Waals surface area (Å²) in [5.74, 6) is 0. The van der Waals surface area contributed by atoms with Gasteiger partial charge >= 0.3 is 0 Å². The van der Waals surface area contributed by atoms with Gasteiger partial charge in [0, 0.05) is 17.5 Å². The molecule has 13 heavy (non-hydrogen) atoms. The zero-order valence-corrected chi connectivity index (χ0v) is 9.07. The van der Waals surface area contributed by atoms with Crippen LogP contribution in [0.1, 0.15) is 6.42 Å². The van der Waals surface area contributed by atoms with Gasteiger partial charge in [0.25, 0.3) is 0 Å². The molecule has 3 heteroatoms. The zero-order valence-electron chi connectivity index (χ0n) is 7.43. The topological polar surface area (TPSA) is 12.4 Å². The Hall–Kier alpha value is -0.410. The van der Waals surface area contributed by atoms with E-state index in [1.165, 1.54) is 4.90 Å². The number of para-hydroxylation sites is 1. The lowest BCUT2D eigenvalue weighted by Gasteiger charge is -2.09. The van der Waals surface area contributed by atoms with Crippen LogP contribution in [0.15, 0.2) is 34.2 Å². The summed E-state index contributed by atoms with van der Waals surface area (Å²) in [6, 6.07) is 8.33. The lowest BCUT2D eigenvalue weighted by Crippen LogP contribution is -1.93. The highest BCUT2D eigenvalue weighted by Crippen LogP contribution is 2.38. The van der Waals surface area contributed by atoms with Crippen molar-refractivity contribution in [2.45, 2.75) is 15.9 Å². The predicted molar refractivity (Wildman–Crippen MR) is 62.4 cm³/mol.